The number of ether oxygens (including phenoxy) is 1. The molecule has 0 spiro atoms. The summed E-state index contributed by atoms with van der Waals surface area (Å²) in [7, 11) is 0. The Morgan fingerprint density at radius 1 is 1.33 bits per heavy atom. The van der Waals surface area contributed by atoms with Crippen molar-refractivity contribution in [2.75, 3.05) is 13.2 Å². The molecule has 124 valence electrons. The molecule has 3 aromatic rings. The van der Waals surface area contributed by atoms with Crippen molar-refractivity contribution in [2.24, 2.45) is 0 Å². The molecule has 24 heavy (non-hydrogen) atoms. The minimum absolute atomic E-state index is 0.139. The van der Waals surface area contributed by atoms with E-state index in [9.17, 15) is 4.79 Å². The average Bonchev–Trinajstić information content (AvgIpc) is 3.29. The summed E-state index contributed by atoms with van der Waals surface area (Å²) in [4.78, 5) is 20.1. The molecular formula is C18H19N3O2S. The van der Waals surface area contributed by atoms with Gasteiger partial charge in [0.05, 0.1) is 18.2 Å². The fourth-order valence-corrected chi connectivity index (χ4v) is 3.88. The van der Waals surface area contributed by atoms with Gasteiger partial charge in [-0.05, 0) is 25.0 Å². The molecule has 6 heteroatoms. The van der Waals surface area contributed by atoms with E-state index < -0.39 is 0 Å². The summed E-state index contributed by atoms with van der Waals surface area (Å²) in [6.45, 7) is 1.36. The summed E-state index contributed by atoms with van der Waals surface area (Å²) in [5, 5.41) is 1.99. The number of carbonyl (C=O) groups excluding carboxylic acids is 1. The van der Waals surface area contributed by atoms with Crippen molar-refractivity contribution in [3.63, 3.8) is 0 Å². The number of nitrogens with zero attached hydrogens (tertiary/aromatic N) is 3. The first-order valence-electron chi connectivity index (χ1n) is 8.18. The Labute approximate surface area is 144 Å². The maximum absolute atomic E-state index is 12.7. The van der Waals surface area contributed by atoms with E-state index >= 15 is 0 Å². The molecule has 1 atom stereocenters. The van der Waals surface area contributed by atoms with Crippen molar-refractivity contribution in [3.8, 4) is 5.75 Å². The predicted octanol–water partition coefficient (Wildman–Crippen LogP) is 3.01. The number of benzene rings is 1. The van der Waals surface area contributed by atoms with Crippen LogP contribution in [0.1, 0.15) is 18.5 Å². The molecule has 1 aromatic carbocycles. The van der Waals surface area contributed by atoms with Gasteiger partial charge in [0.25, 0.3) is 0 Å². The fourth-order valence-electron chi connectivity index (χ4n) is 3.16. The van der Waals surface area contributed by atoms with Crippen molar-refractivity contribution >= 4 is 22.2 Å². The molecule has 0 aliphatic carbocycles. The Hall–Kier alpha value is -2.34. The zero-order valence-corrected chi connectivity index (χ0v) is 14.1. The number of hydrogen-bond acceptors (Lipinski definition) is 4. The van der Waals surface area contributed by atoms with E-state index in [-0.39, 0.29) is 11.9 Å². The van der Waals surface area contributed by atoms with Crippen molar-refractivity contribution < 1.29 is 9.53 Å². The van der Waals surface area contributed by atoms with Crippen LogP contribution >= 0.6 is 11.3 Å². The molecule has 1 amide bonds. The molecule has 5 nitrogen and oxygen atoms in total. The molecule has 4 rings (SSSR count). The highest BCUT2D eigenvalue weighted by Gasteiger charge is 2.29. The summed E-state index contributed by atoms with van der Waals surface area (Å²) >= 11 is 1.58. The maximum Gasteiger partial charge on any atom is 0.229 e. The minimum Gasteiger partial charge on any atom is -0.491 e. The molecule has 0 radical (unpaired) electrons. The number of rotatable bonds is 5. The van der Waals surface area contributed by atoms with Gasteiger partial charge in [0, 0.05) is 24.3 Å². The molecule has 1 fully saturated rings. The highest BCUT2D eigenvalue weighted by atomic mass is 32.1. The van der Waals surface area contributed by atoms with Gasteiger partial charge < -0.3 is 9.64 Å². The molecule has 1 aliphatic rings. The van der Waals surface area contributed by atoms with Gasteiger partial charge in [0.15, 0.2) is 4.96 Å². The van der Waals surface area contributed by atoms with Gasteiger partial charge in [0.2, 0.25) is 5.91 Å². The minimum atomic E-state index is 0.139. The van der Waals surface area contributed by atoms with Crippen LogP contribution in [0.4, 0.5) is 0 Å². The second-order valence-electron chi connectivity index (χ2n) is 6.01. The third-order valence-corrected chi connectivity index (χ3v) is 5.13. The normalized spacial score (nSPS) is 17.5. The Balaban J connectivity index is 1.38. The standard InChI is InChI=1S/C18H19N3O2S/c22-17(11-14-12-20-9-10-24-18(20)19-14)21-8-4-5-15(21)13-23-16-6-2-1-3-7-16/h1-3,6-7,9-10,12,15H,4-5,8,11,13H2/t15-/m1/s1. The van der Waals surface area contributed by atoms with E-state index in [1.54, 1.807) is 11.3 Å². The SMILES string of the molecule is O=C(Cc1cn2ccsc2n1)N1CCC[C@@H]1COc1ccccc1. The zero-order valence-electron chi connectivity index (χ0n) is 13.3. The number of likely N-dealkylation sites (tertiary alicyclic amines) is 1. The Kier molecular flexibility index (Phi) is 4.21. The lowest BCUT2D eigenvalue weighted by molar-refractivity contribution is -0.131. The topological polar surface area (TPSA) is 46.8 Å². The second-order valence-corrected chi connectivity index (χ2v) is 6.88. The van der Waals surface area contributed by atoms with Gasteiger partial charge in [-0.2, -0.15) is 0 Å². The third-order valence-electron chi connectivity index (χ3n) is 4.36. The van der Waals surface area contributed by atoms with Gasteiger partial charge in [-0.1, -0.05) is 18.2 Å². The van der Waals surface area contributed by atoms with Crippen LogP contribution in [-0.4, -0.2) is 39.4 Å². The summed E-state index contributed by atoms with van der Waals surface area (Å²) < 4.78 is 7.81. The van der Waals surface area contributed by atoms with E-state index in [0.29, 0.717) is 13.0 Å². The van der Waals surface area contributed by atoms with E-state index in [4.69, 9.17) is 4.74 Å². The molecule has 0 unspecified atom stereocenters. The predicted molar refractivity (Wildman–Crippen MR) is 93.4 cm³/mol. The van der Waals surface area contributed by atoms with Crippen molar-refractivity contribution in [2.45, 2.75) is 25.3 Å². The highest BCUT2D eigenvalue weighted by molar-refractivity contribution is 7.15. The first-order chi connectivity index (χ1) is 11.8. The zero-order chi connectivity index (χ0) is 16.4. The Morgan fingerprint density at radius 2 is 2.21 bits per heavy atom. The molecule has 1 aliphatic heterocycles. The van der Waals surface area contributed by atoms with Gasteiger partial charge in [0.1, 0.15) is 12.4 Å². The van der Waals surface area contributed by atoms with E-state index in [1.165, 1.54) is 0 Å². The summed E-state index contributed by atoms with van der Waals surface area (Å²) in [6.07, 6.45) is 6.29. The highest BCUT2D eigenvalue weighted by Crippen LogP contribution is 2.21. The average molecular weight is 341 g/mol. The van der Waals surface area contributed by atoms with Gasteiger partial charge in [-0.25, -0.2) is 4.98 Å². The summed E-state index contributed by atoms with van der Waals surface area (Å²) in [5.41, 5.74) is 0.835. The lowest BCUT2D eigenvalue weighted by Gasteiger charge is -2.24. The third kappa shape index (κ3) is 3.14. The van der Waals surface area contributed by atoms with E-state index in [1.807, 2.05) is 57.4 Å². The van der Waals surface area contributed by atoms with Gasteiger partial charge in [-0.3, -0.25) is 9.20 Å². The van der Waals surface area contributed by atoms with Crippen LogP contribution < -0.4 is 4.74 Å². The number of fused-ring (bicyclic) bond motifs is 1. The fraction of sp³-hybridized carbons (Fsp3) is 0.333. The summed E-state index contributed by atoms with van der Waals surface area (Å²) in [5.74, 6) is 0.992. The molecule has 0 N–H and O–H groups in total. The molecule has 2 aromatic heterocycles. The molecule has 1 saturated heterocycles. The van der Waals surface area contributed by atoms with E-state index in [0.717, 1.165) is 35.8 Å². The van der Waals surface area contributed by atoms with Crippen LogP contribution in [-0.2, 0) is 11.2 Å². The van der Waals surface area contributed by atoms with Crippen LogP contribution in [0.25, 0.3) is 4.96 Å². The molecular weight excluding hydrogens is 322 g/mol. The van der Waals surface area contributed by atoms with Crippen LogP contribution in [0, 0.1) is 0 Å². The quantitative estimate of drug-likeness (QED) is 0.717. The van der Waals surface area contributed by atoms with Crippen LogP contribution in [0.3, 0.4) is 0 Å². The van der Waals surface area contributed by atoms with Gasteiger partial charge in [-0.15, -0.1) is 11.3 Å². The number of carbonyl (C=O) groups is 1. The largest absolute Gasteiger partial charge is 0.491 e. The lowest BCUT2D eigenvalue weighted by atomic mass is 10.2. The summed E-state index contributed by atoms with van der Waals surface area (Å²) in [6, 6.07) is 9.92. The molecule has 0 saturated carbocycles. The second kappa shape index (κ2) is 6.65. The lowest BCUT2D eigenvalue weighted by Crippen LogP contribution is -2.39. The maximum atomic E-state index is 12.7. The van der Waals surface area contributed by atoms with Crippen molar-refractivity contribution in [1.82, 2.24) is 14.3 Å². The van der Waals surface area contributed by atoms with Crippen LogP contribution in [0.2, 0.25) is 0 Å². The molecule has 3 heterocycles. The molecule has 0 bridgehead atoms. The van der Waals surface area contributed by atoms with Crippen molar-refractivity contribution in [1.29, 1.82) is 0 Å². The number of imidazole rings is 1. The first kappa shape index (κ1) is 15.2. The number of amides is 1. The van der Waals surface area contributed by atoms with Crippen LogP contribution in [0.15, 0.2) is 48.1 Å². The van der Waals surface area contributed by atoms with Crippen LogP contribution in [0.5, 0.6) is 5.75 Å². The van der Waals surface area contributed by atoms with Crippen molar-refractivity contribution in [3.05, 3.63) is 53.8 Å². The number of thiazole rings is 1. The number of hydrogen-bond donors (Lipinski definition) is 0. The first-order valence-corrected chi connectivity index (χ1v) is 9.06. The van der Waals surface area contributed by atoms with E-state index in [2.05, 4.69) is 4.98 Å². The Bertz CT molecular complexity index is 799. The monoisotopic (exact) mass is 341 g/mol. The Morgan fingerprint density at radius 3 is 3.04 bits per heavy atom. The smallest absolute Gasteiger partial charge is 0.229 e. The number of aromatic nitrogens is 2. The number of para-hydroxylation sites is 1. The van der Waals surface area contributed by atoms with Gasteiger partial charge >= 0.3 is 0 Å².